The van der Waals surface area contributed by atoms with Crippen molar-refractivity contribution in [3.8, 4) is 0 Å². The van der Waals surface area contributed by atoms with Gasteiger partial charge in [0, 0.05) is 20.3 Å². The van der Waals surface area contributed by atoms with E-state index >= 15 is 0 Å². The van der Waals surface area contributed by atoms with Gasteiger partial charge in [-0.25, -0.2) is 4.79 Å². The molecule has 0 N–H and O–H groups in total. The van der Waals surface area contributed by atoms with Crippen LogP contribution in [-0.2, 0) is 14.3 Å². The lowest BCUT2D eigenvalue weighted by Crippen LogP contribution is -2.34. The average Bonchev–Trinajstić information content (AvgIpc) is 1.78. The van der Waals surface area contributed by atoms with E-state index in [4.69, 9.17) is 9.47 Å². The molecule has 0 aromatic heterocycles. The monoisotopic (exact) mass is 184 g/mol. The average molecular weight is 184 g/mol. The Hall–Kier alpha value is -0.990. The molecule has 3 heteroatoms. The fourth-order valence-corrected chi connectivity index (χ4v) is 1.27. The Morgan fingerprint density at radius 2 is 2.00 bits per heavy atom. The third-order valence-corrected chi connectivity index (χ3v) is 1.61. The molecule has 0 spiro atoms. The highest BCUT2D eigenvalue weighted by Gasteiger charge is 2.29. The highest BCUT2D eigenvalue weighted by molar-refractivity contribution is 5.83. The number of cyclic esters (lactones) is 1. The number of allylic oxidation sites excluding steroid dienone is 1. The van der Waals surface area contributed by atoms with Crippen LogP contribution < -0.4 is 0 Å². The molecule has 1 heterocycles. The van der Waals surface area contributed by atoms with Gasteiger partial charge in [-0.1, -0.05) is 13.8 Å². The van der Waals surface area contributed by atoms with Crippen molar-refractivity contribution in [3.63, 3.8) is 0 Å². The maximum Gasteiger partial charge on any atom is 0.337 e. The fourth-order valence-electron chi connectivity index (χ4n) is 1.27. The zero-order valence-electron chi connectivity index (χ0n) is 8.59. The summed E-state index contributed by atoms with van der Waals surface area (Å²) in [4.78, 5) is 11.1. The van der Waals surface area contributed by atoms with Gasteiger partial charge in [0.2, 0.25) is 5.79 Å². The normalized spacial score (nSPS) is 20.7. The molecule has 1 aliphatic heterocycles. The molecule has 0 aromatic carbocycles. The highest BCUT2D eigenvalue weighted by atomic mass is 16.7. The molecule has 0 aromatic rings. The number of carbonyl (C=O) groups is 1. The maximum absolute atomic E-state index is 11.1. The van der Waals surface area contributed by atoms with Gasteiger partial charge in [0.05, 0.1) is 6.08 Å². The Bertz CT molecular complexity index is 239. The van der Waals surface area contributed by atoms with Crippen molar-refractivity contribution in [2.24, 2.45) is 5.92 Å². The molecule has 0 radical (unpaired) electrons. The molecule has 0 bridgehead atoms. The van der Waals surface area contributed by atoms with Gasteiger partial charge in [0.15, 0.2) is 0 Å². The minimum Gasteiger partial charge on any atom is -0.457 e. The molecule has 13 heavy (non-hydrogen) atoms. The molecule has 3 nitrogen and oxygen atoms in total. The minimum atomic E-state index is -0.809. The quantitative estimate of drug-likeness (QED) is 0.617. The zero-order chi connectivity index (χ0) is 10.1. The van der Waals surface area contributed by atoms with E-state index in [-0.39, 0.29) is 5.97 Å². The second kappa shape index (κ2) is 3.40. The zero-order valence-corrected chi connectivity index (χ0v) is 8.59. The lowest BCUT2D eigenvalue weighted by atomic mass is 10.1. The van der Waals surface area contributed by atoms with Gasteiger partial charge >= 0.3 is 5.97 Å². The molecule has 0 amide bonds. The van der Waals surface area contributed by atoms with E-state index in [0.29, 0.717) is 5.92 Å². The molecule has 1 rings (SSSR count). The highest BCUT2D eigenvalue weighted by Crippen LogP contribution is 2.25. The molecule has 0 unspecified atom stereocenters. The summed E-state index contributed by atoms with van der Waals surface area (Å²) in [5, 5.41) is 0. The van der Waals surface area contributed by atoms with Crippen LogP contribution >= 0.6 is 0 Å². The van der Waals surface area contributed by atoms with Crippen LogP contribution in [0.15, 0.2) is 11.8 Å². The summed E-state index contributed by atoms with van der Waals surface area (Å²) >= 11 is 0. The smallest absolute Gasteiger partial charge is 0.337 e. The predicted octanol–water partition coefficient (Wildman–Crippen LogP) is 2.23. The first kappa shape index (κ1) is 10.1. The summed E-state index contributed by atoms with van der Waals surface area (Å²) in [6.45, 7) is 7.63. The van der Waals surface area contributed by atoms with Gasteiger partial charge in [-0.3, -0.25) is 0 Å². The maximum atomic E-state index is 11.1. The standard InChI is InChI=1S/C10H16O3/c1-7(2)5-8-6-9(11)13-10(3,4)12-8/h6-7H,5H2,1-4H3. The lowest BCUT2D eigenvalue weighted by molar-refractivity contribution is -0.206. The van der Waals surface area contributed by atoms with E-state index in [9.17, 15) is 4.79 Å². The van der Waals surface area contributed by atoms with Crippen LogP contribution in [0.5, 0.6) is 0 Å². The van der Waals surface area contributed by atoms with E-state index < -0.39 is 5.79 Å². The molecule has 0 atom stereocenters. The Balaban J connectivity index is 2.70. The summed E-state index contributed by atoms with van der Waals surface area (Å²) in [5.41, 5.74) is 0. The number of carbonyl (C=O) groups excluding carboxylic acids is 1. The third-order valence-electron chi connectivity index (χ3n) is 1.61. The van der Waals surface area contributed by atoms with E-state index in [1.165, 1.54) is 6.08 Å². The molecule has 0 aliphatic carbocycles. The fraction of sp³-hybridized carbons (Fsp3) is 0.700. The minimum absolute atomic E-state index is 0.313. The van der Waals surface area contributed by atoms with Crippen molar-refractivity contribution < 1.29 is 14.3 Å². The van der Waals surface area contributed by atoms with Crippen molar-refractivity contribution in [2.75, 3.05) is 0 Å². The number of hydrogen-bond donors (Lipinski definition) is 0. The van der Waals surface area contributed by atoms with Crippen LogP contribution in [-0.4, -0.2) is 11.8 Å². The van der Waals surface area contributed by atoms with Gasteiger partial charge < -0.3 is 9.47 Å². The van der Waals surface area contributed by atoms with E-state index in [1.807, 2.05) is 0 Å². The van der Waals surface area contributed by atoms with Crippen molar-refractivity contribution in [1.29, 1.82) is 0 Å². The summed E-state index contributed by atoms with van der Waals surface area (Å²) in [5.74, 6) is 0.0758. The Labute approximate surface area is 78.7 Å². The molecule has 0 fully saturated rings. The molecule has 0 saturated heterocycles. The first-order valence-electron chi connectivity index (χ1n) is 4.51. The molecule has 1 aliphatic rings. The second-order valence-corrected chi connectivity index (χ2v) is 4.13. The Morgan fingerprint density at radius 1 is 1.38 bits per heavy atom. The first-order valence-corrected chi connectivity index (χ1v) is 4.51. The molecular weight excluding hydrogens is 168 g/mol. The number of rotatable bonds is 2. The molecule has 0 saturated carbocycles. The first-order chi connectivity index (χ1) is 5.89. The van der Waals surface area contributed by atoms with Crippen LogP contribution in [0, 0.1) is 5.92 Å². The molecular formula is C10H16O3. The van der Waals surface area contributed by atoms with Crippen LogP contribution in [0.2, 0.25) is 0 Å². The van der Waals surface area contributed by atoms with Gasteiger partial charge in [0.1, 0.15) is 5.76 Å². The van der Waals surface area contributed by atoms with Crippen molar-refractivity contribution >= 4 is 5.97 Å². The van der Waals surface area contributed by atoms with Gasteiger partial charge in [0.25, 0.3) is 0 Å². The van der Waals surface area contributed by atoms with Gasteiger partial charge in [-0.2, -0.15) is 0 Å². The van der Waals surface area contributed by atoms with Crippen LogP contribution in [0.3, 0.4) is 0 Å². The predicted molar refractivity (Wildman–Crippen MR) is 48.8 cm³/mol. The van der Waals surface area contributed by atoms with E-state index in [0.717, 1.165) is 12.2 Å². The van der Waals surface area contributed by atoms with Gasteiger partial charge in [-0.05, 0) is 5.92 Å². The topological polar surface area (TPSA) is 35.5 Å². The summed E-state index contributed by atoms with van der Waals surface area (Å²) in [6, 6.07) is 0. The number of hydrogen-bond acceptors (Lipinski definition) is 3. The largest absolute Gasteiger partial charge is 0.457 e. The number of ether oxygens (including phenoxy) is 2. The molecule has 74 valence electrons. The van der Waals surface area contributed by atoms with Crippen LogP contribution in [0.1, 0.15) is 34.1 Å². The van der Waals surface area contributed by atoms with Crippen LogP contribution in [0.25, 0.3) is 0 Å². The third kappa shape index (κ3) is 3.09. The number of esters is 1. The van der Waals surface area contributed by atoms with Crippen molar-refractivity contribution in [3.05, 3.63) is 11.8 Å². The summed E-state index contributed by atoms with van der Waals surface area (Å²) < 4.78 is 10.4. The second-order valence-electron chi connectivity index (χ2n) is 4.13. The van der Waals surface area contributed by atoms with E-state index in [1.54, 1.807) is 13.8 Å². The Kier molecular flexibility index (Phi) is 2.64. The van der Waals surface area contributed by atoms with Crippen molar-refractivity contribution in [1.82, 2.24) is 0 Å². The van der Waals surface area contributed by atoms with Crippen molar-refractivity contribution in [2.45, 2.75) is 39.9 Å². The Morgan fingerprint density at radius 3 is 2.46 bits per heavy atom. The van der Waals surface area contributed by atoms with Gasteiger partial charge in [-0.15, -0.1) is 0 Å². The SMILES string of the molecule is CC(C)CC1=CC(=O)OC(C)(C)O1. The van der Waals surface area contributed by atoms with E-state index in [2.05, 4.69) is 13.8 Å². The lowest BCUT2D eigenvalue weighted by Gasteiger charge is -2.31. The summed E-state index contributed by atoms with van der Waals surface area (Å²) in [6.07, 6.45) is 2.20. The summed E-state index contributed by atoms with van der Waals surface area (Å²) in [7, 11) is 0. The van der Waals surface area contributed by atoms with Crippen LogP contribution in [0.4, 0.5) is 0 Å².